The first-order valence-corrected chi connectivity index (χ1v) is 5.27. The van der Waals surface area contributed by atoms with E-state index in [2.05, 4.69) is 5.32 Å². The number of primary amides is 1. The Bertz CT molecular complexity index is 381. The third-order valence-electron chi connectivity index (χ3n) is 2.56. The maximum Gasteiger partial charge on any atom is 0.219 e. The van der Waals surface area contributed by atoms with Crippen molar-refractivity contribution in [3.05, 3.63) is 35.6 Å². The summed E-state index contributed by atoms with van der Waals surface area (Å²) in [6.07, 6.45) is 0.143. The molecule has 0 aliphatic carbocycles. The van der Waals surface area contributed by atoms with Crippen LogP contribution in [0.15, 0.2) is 24.3 Å². The fraction of sp³-hybridized carbons (Fsp3) is 0.417. The fourth-order valence-electron chi connectivity index (χ4n) is 1.84. The van der Waals surface area contributed by atoms with Gasteiger partial charge in [-0.05, 0) is 31.2 Å². The van der Waals surface area contributed by atoms with Gasteiger partial charge in [-0.1, -0.05) is 19.1 Å². The highest BCUT2D eigenvalue weighted by atomic mass is 19.1. The van der Waals surface area contributed by atoms with E-state index in [0.29, 0.717) is 6.54 Å². The molecular formula is C12H17FN2O. The van der Waals surface area contributed by atoms with Crippen molar-refractivity contribution in [3.8, 4) is 0 Å². The van der Waals surface area contributed by atoms with E-state index in [9.17, 15) is 9.18 Å². The Morgan fingerprint density at radius 2 is 2.25 bits per heavy atom. The minimum atomic E-state index is -0.608. The smallest absolute Gasteiger partial charge is 0.219 e. The molecule has 4 heteroatoms. The zero-order valence-electron chi connectivity index (χ0n) is 9.59. The van der Waals surface area contributed by atoms with E-state index in [1.165, 1.54) is 12.1 Å². The topological polar surface area (TPSA) is 55.1 Å². The zero-order chi connectivity index (χ0) is 12.2. The van der Waals surface area contributed by atoms with Crippen LogP contribution in [-0.4, -0.2) is 12.5 Å². The summed E-state index contributed by atoms with van der Waals surface area (Å²) in [5.74, 6) is -0.723. The molecule has 16 heavy (non-hydrogen) atoms. The first kappa shape index (κ1) is 12.6. The van der Waals surface area contributed by atoms with Crippen molar-refractivity contribution < 1.29 is 9.18 Å². The van der Waals surface area contributed by atoms with Crippen molar-refractivity contribution >= 4 is 5.91 Å². The second kappa shape index (κ2) is 5.07. The monoisotopic (exact) mass is 224 g/mol. The molecule has 0 heterocycles. The van der Waals surface area contributed by atoms with Crippen molar-refractivity contribution in [2.24, 2.45) is 5.73 Å². The molecule has 0 aliphatic rings. The van der Waals surface area contributed by atoms with Gasteiger partial charge in [0.2, 0.25) is 5.91 Å². The summed E-state index contributed by atoms with van der Waals surface area (Å²) in [7, 11) is 0. The Balaban J connectivity index is 3.05. The second-order valence-electron chi connectivity index (χ2n) is 4.02. The van der Waals surface area contributed by atoms with Gasteiger partial charge in [0.15, 0.2) is 0 Å². The number of nitrogens with one attached hydrogen (secondary N) is 1. The molecule has 0 spiro atoms. The summed E-state index contributed by atoms with van der Waals surface area (Å²) in [6.45, 7) is 4.45. The van der Waals surface area contributed by atoms with Crippen LogP contribution in [0.25, 0.3) is 0 Å². The average Bonchev–Trinajstić information content (AvgIpc) is 2.16. The zero-order valence-corrected chi connectivity index (χ0v) is 9.59. The summed E-state index contributed by atoms with van der Waals surface area (Å²) in [5, 5.41) is 3.17. The number of benzene rings is 1. The van der Waals surface area contributed by atoms with Crippen LogP contribution in [-0.2, 0) is 10.3 Å². The molecule has 3 nitrogen and oxygen atoms in total. The molecule has 3 N–H and O–H groups in total. The highest BCUT2D eigenvalue weighted by molar-refractivity contribution is 5.75. The number of hydrogen-bond donors (Lipinski definition) is 2. The van der Waals surface area contributed by atoms with Gasteiger partial charge in [0.05, 0.1) is 0 Å². The van der Waals surface area contributed by atoms with Gasteiger partial charge in [-0.2, -0.15) is 0 Å². The lowest BCUT2D eigenvalue weighted by atomic mass is 9.88. The van der Waals surface area contributed by atoms with Crippen molar-refractivity contribution in [2.45, 2.75) is 25.8 Å². The summed E-state index contributed by atoms with van der Waals surface area (Å²) in [5.41, 5.74) is 5.33. The molecule has 0 fully saturated rings. The first-order chi connectivity index (χ1) is 7.48. The van der Waals surface area contributed by atoms with Crippen LogP contribution >= 0.6 is 0 Å². The first-order valence-electron chi connectivity index (χ1n) is 5.27. The summed E-state index contributed by atoms with van der Waals surface area (Å²) in [6, 6.07) is 6.21. The summed E-state index contributed by atoms with van der Waals surface area (Å²) >= 11 is 0. The van der Waals surface area contributed by atoms with E-state index in [0.717, 1.165) is 5.56 Å². The van der Waals surface area contributed by atoms with Crippen molar-refractivity contribution in [1.29, 1.82) is 0 Å². The molecule has 0 aliphatic heterocycles. The van der Waals surface area contributed by atoms with Gasteiger partial charge < -0.3 is 11.1 Å². The molecular weight excluding hydrogens is 207 g/mol. The predicted molar refractivity (Wildman–Crippen MR) is 61.2 cm³/mol. The fourth-order valence-corrected chi connectivity index (χ4v) is 1.84. The predicted octanol–water partition coefficient (Wildman–Crippen LogP) is 1.53. The second-order valence-corrected chi connectivity index (χ2v) is 4.02. The summed E-state index contributed by atoms with van der Waals surface area (Å²) < 4.78 is 13.1. The quantitative estimate of drug-likeness (QED) is 0.796. The van der Waals surface area contributed by atoms with Crippen molar-refractivity contribution in [1.82, 2.24) is 5.32 Å². The molecule has 1 rings (SSSR count). The average molecular weight is 224 g/mol. The van der Waals surface area contributed by atoms with Gasteiger partial charge >= 0.3 is 0 Å². The lowest BCUT2D eigenvalue weighted by Crippen LogP contribution is -2.42. The third-order valence-corrected chi connectivity index (χ3v) is 2.56. The van der Waals surface area contributed by atoms with E-state index >= 15 is 0 Å². The Hall–Kier alpha value is -1.42. The maximum absolute atomic E-state index is 13.1. The van der Waals surface area contributed by atoms with Gasteiger partial charge in [0.1, 0.15) is 5.82 Å². The molecule has 1 atom stereocenters. The number of carbonyl (C=O) groups is 1. The number of amides is 1. The molecule has 0 aromatic heterocycles. The number of nitrogens with two attached hydrogens (primary N) is 1. The van der Waals surface area contributed by atoms with E-state index in [1.807, 2.05) is 13.8 Å². The SMILES string of the molecule is CCNC(C)(CC(N)=O)c1cccc(F)c1. The van der Waals surface area contributed by atoms with Crippen LogP contribution in [0.3, 0.4) is 0 Å². The number of rotatable bonds is 5. The van der Waals surface area contributed by atoms with Crippen LogP contribution in [0, 0.1) is 5.82 Å². The number of hydrogen-bond acceptors (Lipinski definition) is 2. The molecule has 0 bridgehead atoms. The van der Waals surface area contributed by atoms with Gasteiger partial charge in [-0.25, -0.2) is 4.39 Å². The molecule has 88 valence electrons. The van der Waals surface area contributed by atoms with E-state index in [1.54, 1.807) is 12.1 Å². The van der Waals surface area contributed by atoms with Crippen LogP contribution in [0.5, 0.6) is 0 Å². The van der Waals surface area contributed by atoms with Crippen LogP contribution in [0.4, 0.5) is 4.39 Å². The molecule has 0 saturated carbocycles. The minimum absolute atomic E-state index is 0.143. The van der Waals surface area contributed by atoms with Gasteiger partial charge in [0, 0.05) is 12.0 Å². The minimum Gasteiger partial charge on any atom is -0.370 e. The molecule has 1 aromatic rings. The van der Waals surface area contributed by atoms with E-state index in [-0.39, 0.29) is 12.2 Å². The lowest BCUT2D eigenvalue weighted by Gasteiger charge is -2.30. The molecule has 1 unspecified atom stereocenters. The Morgan fingerprint density at radius 1 is 1.56 bits per heavy atom. The highest BCUT2D eigenvalue weighted by Gasteiger charge is 2.27. The van der Waals surface area contributed by atoms with Gasteiger partial charge in [0.25, 0.3) is 0 Å². The van der Waals surface area contributed by atoms with Gasteiger partial charge in [-0.15, -0.1) is 0 Å². The Morgan fingerprint density at radius 3 is 2.75 bits per heavy atom. The number of carbonyl (C=O) groups excluding carboxylic acids is 1. The Labute approximate surface area is 94.8 Å². The van der Waals surface area contributed by atoms with Gasteiger partial charge in [-0.3, -0.25) is 4.79 Å². The van der Waals surface area contributed by atoms with E-state index in [4.69, 9.17) is 5.73 Å². The molecule has 0 radical (unpaired) electrons. The number of halogens is 1. The van der Waals surface area contributed by atoms with Crippen LogP contribution in [0.2, 0.25) is 0 Å². The van der Waals surface area contributed by atoms with Crippen LogP contribution < -0.4 is 11.1 Å². The summed E-state index contributed by atoms with van der Waals surface area (Å²) in [4.78, 5) is 11.0. The highest BCUT2D eigenvalue weighted by Crippen LogP contribution is 2.24. The van der Waals surface area contributed by atoms with Crippen LogP contribution in [0.1, 0.15) is 25.8 Å². The lowest BCUT2D eigenvalue weighted by molar-refractivity contribution is -0.119. The molecule has 1 aromatic carbocycles. The van der Waals surface area contributed by atoms with E-state index < -0.39 is 11.4 Å². The van der Waals surface area contributed by atoms with Crippen molar-refractivity contribution in [3.63, 3.8) is 0 Å². The molecule has 0 saturated heterocycles. The largest absolute Gasteiger partial charge is 0.370 e. The standard InChI is InChI=1S/C12H17FN2O/c1-3-15-12(2,8-11(14)16)9-5-4-6-10(13)7-9/h4-7,15H,3,8H2,1-2H3,(H2,14,16). The maximum atomic E-state index is 13.1. The Kier molecular flexibility index (Phi) is 4.01. The molecule has 1 amide bonds. The normalized spacial score (nSPS) is 14.4. The van der Waals surface area contributed by atoms with Crippen molar-refractivity contribution in [2.75, 3.05) is 6.54 Å². The third kappa shape index (κ3) is 3.03.